The third-order valence-corrected chi connectivity index (χ3v) is 5.10. The maximum Gasteiger partial charge on any atom is 0.309 e. The fourth-order valence-electron chi connectivity index (χ4n) is 3.05. The number of ether oxygens (including phenoxy) is 1. The minimum Gasteiger partial charge on any atom is -0.507 e. The van der Waals surface area contributed by atoms with Crippen molar-refractivity contribution in [1.82, 2.24) is 0 Å². The number of esters is 1. The number of halogens is 2. The number of carbonyl (C=O) groups is 1. The number of phenols is 1. The van der Waals surface area contributed by atoms with E-state index < -0.39 is 0 Å². The van der Waals surface area contributed by atoms with E-state index in [4.69, 9.17) is 32.9 Å². The highest BCUT2D eigenvalue weighted by Gasteiger charge is 2.43. The van der Waals surface area contributed by atoms with E-state index in [1.54, 1.807) is 38.1 Å². The van der Waals surface area contributed by atoms with Crippen molar-refractivity contribution in [2.45, 2.75) is 20.3 Å². The van der Waals surface area contributed by atoms with Crippen LogP contribution in [0.4, 0.5) is 0 Å². The Morgan fingerprint density at radius 2 is 1.93 bits per heavy atom. The predicted octanol–water partition coefficient (Wildman–Crippen LogP) is 5.04. The number of hydrogen-bond acceptors (Lipinski definition) is 4. The fourth-order valence-corrected chi connectivity index (χ4v) is 3.45. The maximum absolute atomic E-state index is 11.8. The molecular weight excluding hydrogens is 385 g/mol. The van der Waals surface area contributed by atoms with Crippen LogP contribution in [0.15, 0.2) is 41.4 Å². The topological polar surface area (TPSA) is 58.9 Å². The van der Waals surface area contributed by atoms with Gasteiger partial charge in [-0.3, -0.25) is 9.79 Å². The molecule has 1 aliphatic carbocycles. The molecule has 142 valence electrons. The van der Waals surface area contributed by atoms with E-state index >= 15 is 0 Å². The van der Waals surface area contributed by atoms with E-state index in [-0.39, 0.29) is 23.6 Å². The van der Waals surface area contributed by atoms with Gasteiger partial charge in [-0.2, -0.15) is 0 Å². The summed E-state index contributed by atoms with van der Waals surface area (Å²) in [7, 11) is 0. The summed E-state index contributed by atoms with van der Waals surface area (Å²) < 4.78 is 5.08. The molecule has 0 saturated heterocycles. The molecule has 1 saturated carbocycles. The molecule has 0 heterocycles. The van der Waals surface area contributed by atoms with E-state index in [0.717, 1.165) is 12.0 Å². The van der Waals surface area contributed by atoms with E-state index in [1.165, 1.54) is 0 Å². The zero-order valence-corrected chi connectivity index (χ0v) is 16.7. The third-order valence-electron chi connectivity index (χ3n) is 4.63. The quantitative estimate of drug-likeness (QED) is 0.540. The van der Waals surface area contributed by atoms with Gasteiger partial charge in [0, 0.05) is 27.7 Å². The number of rotatable bonds is 6. The second kappa shape index (κ2) is 8.32. The summed E-state index contributed by atoms with van der Waals surface area (Å²) >= 11 is 12.2. The molecule has 0 radical (unpaired) electrons. The van der Waals surface area contributed by atoms with Gasteiger partial charge in [0.1, 0.15) is 5.75 Å². The van der Waals surface area contributed by atoms with Crippen LogP contribution in [-0.4, -0.2) is 29.9 Å². The summed E-state index contributed by atoms with van der Waals surface area (Å²) in [5.41, 5.74) is 2.69. The minimum atomic E-state index is -0.160. The summed E-state index contributed by atoms with van der Waals surface area (Å²) in [5.74, 6) is 0.0571. The van der Waals surface area contributed by atoms with Crippen molar-refractivity contribution < 1.29 is 14.6 Å². The number of nitrogens with zero attached hydrogens (tertiary/aromatic N) is 1. The molecule has 0 amide bonds. The first-order valence-corrected chi connectivity index (χ1v) is 9.62. The maximum atomic E-state index is 11.8. The predicted molar refractivity (Wildman–Crippen MR) is 108 cm³/mol. The average Bonchev–Trinajstić information content (AvgIpc) is 3.40. The zero-order chi connectivity index (χ0) is 19.6. The molecule has 0 aliphatic heterocycles. The fraction of sp³-hybridized carbons (Fsp3) is 0.333. The summed E-state index contributed by atoms with van der Waals surface area (Å²) in [6.07, 6.45) is 0.775. The van der Waals surface area contributed by atoms with Crippen LogP contribution >= 0.6 is 23.2 Å². The number of aromatic hydroxyl groups is 1. The molecule has 2 aromatic carbocycles. The Morgan fingerprint density at radius 3 is 2.59 bits per heavy atom. The Bertz CT molecular complexity index is 878. The highest BCUT2D eigenvalue weighted by Crippen LogP contribution is 2.40. The second-order valence-electron chi connectivity index (χ2n) is 6.67. The lowest BCUT2D eigenvalue weighted by molar-refractivity contribution is -0.145. The molecule has 1 fully saturated rings. The number of aliphatic imine (C=N–C) groups is 1. The number of benzene rings is 2. The largest absolute Gasteiger partial charge is 0.507 e. The molecule has 1 N–H and O–H groups in total. The highest BCUT2D eigenvalue weighted by atomic mass is 35.5. The molecule has 0 aromatic heterocycles. The van der Waals surface area contributed by atoms with Crippen molar-refractivity contribution in [3.05, 3.63) is 63.1 Å². The van der Waals surface area contributed by atoms with Crippen molar-refractivity contribution in [1.29, 1.82) is 0 Å². The van der Waals surface area contributed by atoms with Crippen molar-refractivity contribution in [3.63, 3.8) is 0 Å². The molecular formula is C21H21Cl2NO3. The van der Waals surface area contributed by atoms with Gasteiger partial charge in [-0.1, -0.05) is 35.3 Å². The molecule has 2 atom stereocenters. The van der Waals surface area contributed by atoms with Gasteiger partial charge in [0.25, 0.3) is 0 Å². The Hall–Kier alpha value is -2.04. The standard InChI is InChI=1S/C21H21Cl2NO3/c1-3-27-21(26)17-9-14(17)11-24-19(13-4-6-15(22)7-5-13)18-10-16(23)8-12(2)20(18)25/h4-8,10,14,17,25H,3,9,11H2,1-2H3/t14-,17+/m0/s1. The van der Waals surface area contributed by atoms with Gasteiger partial charge in [-0.15, -0.1) is 0 Å². The van der Waals surface area contributed by atoms with Crippen LogP contribution in [0.5, 0.6) is 5.75 Å². The van der Waals surface area contributed by atoms with E-state index in [9.17, 15) is 9.90 Å². The van der Waals surface area contributed by atoms with Crippen LogP contribution in [-0.2, 0) is 9.53 Å². The van der Waals surface area contributed by atoms with Gasteiger partial charge in [-0.05, 0) is 56.0 Å². The van der Waals surface area contributed by atoms with Gasteiger partial charge >= 0.3 is 5.97 Å². The van der Waals surface area contributed by atoms with Crippen LogP contribution in [0.2, 0.25) is 10.0 Å². The number of hydrogen-bond donors (Lipinski definition) is 1. The van der Waals surface area contributed by atoms with Crippen molar-refractivity contribution in [3.8, 4) is 5.75 Å². The second-order valence-corrected chi connectivity index (χ2v) is 7.54. The molecule has 2 aromatic rings. The van der Waals surface area contributed by atoms with Crippen molar-refractivity contribution >= 4 is 34.9 Å². The van der Waals surface area contributed by atoms with Crippen LogP contribution in [0, 0.1) is 18.8 Å². The van der Waals surface area contributed by atoms with Gasteiger partial charge in [0.15, 0.2) is 0 Å². The lowest BCUT2D eigenvalue weighted by atomic mass is 9.99. The lowest BCUT2D eigenvalue weighted by Gasteiger charge is -2.12. The molecule has 0 unspecified atom stereocenters. The third kappa shape index (κ3) is 4.63. The van der Waals surface area contributed by atoms with Crippen molar-refractivity contribution in [2.75, 3.05) is 13.2 Å². The summed E-state index contributed by atoms with van der Waals surface area (Å²) in [6.45, 7) is 4.46. The Kier molecular flexibility index (Phi) is 6.08. The summed E-state index contributed by atoms with van der Waals surface area (Å²) in [4.78, 5) is 16.6. The minimum absolute atomic E-state index is 0.0881. The Morgan fingerprint density at radius 1 is 1.22 bits per heavy atom. The molecule has 6 heteroatoms. The van der Waals surface area contributed by atoms with E-state index in [2.05, 4.69) is 0 Å². The average molecular weight is 406 g/mol. The Balaban J connectivity index is 1.92. The van der Waals surface area contributed by atoms with Gasteiger partial charge in [-0.25, -0.2) is 0 Å². The monoisotopic (exact) mass is 405 g/mol. The van der Waals surface area contributed by atoms with E-state index in [0.29, 0.717) is 40.0 Å². The first-order chi connectivity index (χ1) is 12.9. The van der Waals surface area contributed by atoms with Crippen molar-refractivity contribution in [2.24, 2.45) is 16.8 Å². The molecule has 27 heavy (non-hydrogen) atoms. The highest BCUT2D eigenvalue weighted by molar-refractivity contribution is 6.32. The molecule has 0 spiro atoms. The normalized spacial score (nSPS) is 19.0. The smallest absolute Gasteiger partial charge is 0.309 e. The van der Waals surface area contributed by atoms with Gasteiger partial charge < -0.3 is 9.84 Å². The lowest BCUT2D eigenvalue weighted by Crippen LogP contribution is -2.10. The van der Waals surface area contributed by atoms with Gasteiger partial charge in [0.2, 0.25) is 0 Å². The first kappa shape index (κ1) is 19.7. The number of carbonyl (C=O) groups excluding carboxylic acids is 1. The van der Waals surface area contributed by atoms with Gasteiger partial charge in [0.05, 0.1) is 18.2 Å². The molecule has 0 bridgehead atoms. The zero-order valence-electron chi connectivity index (χ0n) is 15.2. The summed E-state index contributed by atoms with van der Waals surface area (Å²) in [6, 6.07) is 10.7. The summed E-state index contributed by atoms with van der Waals surface area (Å²) in [5, 5.41) is 11.7. The molecule has 3 rings (SSSR count). The number of aryl methyl sites for hydroxylation is 1. The van der Waals surface area contributed by atoms with Crippen LogP contribution in [0.3, 0.4) is 0 Å². The SMILES string of the molecule is CCOC(=O)[C@@H]1C[C@H]1CN=C(c1ccc(Cl)cc1)c1cc(Cl)cc(C)c1O. The number of phenolic OH excluding ortho intramolecular Hbond substituents is 1. The van der Waals surface area contributed by atoms with Crippen LogP contribution in [0.1, 0.15) is 30.0 Å². The molecule has 4 nitrogen and oxygen atoms in total. The molecule has 1 aliphatic rings. The van der Waals surface area contributed by atoms with Crippen LogP contribution < -0.4 is 0 Å². The van der Waals surface area contributed by atoms with Crippen LogP contribution in [0.25, 0.3) is 0 Å². The first-order valence-electron chi connectivity index (χ1n) is 8.87. The van der Waals surface area contributed by atoms with E-state index in [1.807, 2.05) is 12.1 Å². The Labute approximate surface area is 168 Å².